The zero-order valence-electron chi connectivity index (χ0n) is 9.27. The molecule has 0 saturated carbocycles. The summed E-state index contributed by atoms with van der Waals surface area (Å²) in [6, 6.07) is 15.8. The fourth-order valence-corrected chi connectivity index (χ4v) is 2.95. The molecule has 0 unspecified atom stereocenters. The second-order valence-electron chi connectivity index (χ2n) is 3.66. The van der Waals surface area contributed by atoms with Gasteiger partial charge in [0.1, 0.15) is 0 Å². The van der Waals surface area contributed by atoms with Gasteiger partial charge in [-0.1, -0.05) is 54.1 Å². The number of halogens is 1. The highest BCUT2D eigenvalue weighted by molar-refractivity contribution is 7.98. The minimum atomic E-state index is 0.0255. The Labute approximate surface area is 110 Å². The molecule has 0 heterocycles. The van der Waals surface area contributed by atoms with Gasteiger partial charge >= 0.3 is 0 Å². The van der Waals surface area contributed by atoms with Crippen LogP contribution in [0.25, 0.3) is 0 Å². The number of thioether (sulfide) groups is 1. The molecule has 0 aromatic heterocycles. The highest BCUT2D eigenvalue weighted by Gasteiger charge is 2.06. The number of aliphatic hydroxyl groups is 1. The number of hydrogen-bond acceptors (Lipinski definition) is 2. The van der Waals surface area contributed by atoms with E-state index < -0.39 is 0 Å². The summed E-state index contributed by atoms with van der Waals surface area (Å²) >= 11 is 7.80. The maximum Gasteiger partial charge on any atom is 0.0693 e. The summed E-state index contributed by atoms with van der Waals surface area (Å²) in [5, 5.41) is 9.97. The minimum absolute atomic E-state index is 0.0255. The predicted molar refractivity (Wildman–Crippen MR) is 73.4 cm³/mol. The Morgan fingerprint density at radius 3 is 2.47 bits per heavy atom. The van der Waals surface area contributed by atoms with Gasteiger partial charge in [0.2, 0.25) is 0 Å². The average Bonchev–Trinajstić information content (AvgIpc) is 2.38. The first-order valence-electron chi connectivity index (χ1n) is 5.36. The number of rotatable bonds is 4. The molecular formula is C14H13ClOS. The van der Waals surface area contributed by atoms with Crippen molar-refractivity contribution in [1.82, 2.24) is 0 Å². The Kier molecular flexibility index (Phi) is 4.49. The average molecular weight is 265 g/mol. The Morgan fingerprint density at radius 2 is 1.76 bits per heavy atom. The van der Waals surface area contributed by atoms with Gasteiger partial charge in [0.05, 0.1) is 11.6 Å². The zero-order chi connectivity index (χ0) is 12.1. The van der Waals surface area contributed by atoms with Gasteiger partial charge in [0.25, 0.3) is 0 Å². The molecule has 0 atom stereocenters. The van der Waals surface area contributed by atoms with Gasteiger partial charge in [-0.15, -0.1) is 11.8 Å². The van der Waals surface area contributed by atoms with Gasteiger partial charge in [0.15, 0.2) is 0 Å². The van der Waals surface area contributed by atoms with E-state index in [4.69, 9.17) is 11.6 Å². The maximum atomic E-state index is 9.27. The van der Waals surface area contributed by atoms with Crippen LogP contribution >= 0.6 is 23.4 Å². The quantitative estimate of drug-likeness (QED) is 0.838. The molecule has 0 bridgehead atoms. The van der Waals surface area contributed by atoms with Crippen molar-refractivity contribution in [3.05, 3.63) is 64.7 Å². The topological polar surface area (TPSA) is 20.2 Å². The third-order valence-corrected chi connectivity index (χ3v) is 4.12. The molecule has 2 aromatic rings. The molecule has 2 rings (SSSR count). The lowest BCUT2D eigenvalue weighted by atomic mass is 10.2. The first-order chi connectivity index (χ1) is 8.31. The Morgan fingerprint density at radius 1 is 1.00 bits per heavy atom. The lowest BCUT2D eigenvalue weighted by Gasteiger charge is -2.09. The van der Waals surface area contributed by atoms with Gasteiger partial charge in [-0.3, -0.25) is 0 Å². The summed E-state index contributed by atoms with van der Waals surface area (Å²) in [5.41, 5.74) is 2.14. The Bertz CT molecular complexity index is 485. The molecular weight excluding hydrogens is 252 g/mol. The second-order valence-corrected chi connectivity index (χ2v) is 5.05. The fraction of sp³-hybridized carbons (Fsp3) is 0.143. The van der Waals surface area contributed by atoms with Crippen LogP contribution in [-0.4, -0.2) is 5.11 Å². The molecule has 0 radical (unpaired) electrons. The first-order valence-corrected chi connectivity index (χ1v) is 6.72. The van der Waals surface area contributed by atoms with E-state index >= 15 is 0 Å². The Hall–Kier alpha value is -0.960. The van der Waals surface area contributed by atoms with Crippen molar-refractivity contribution >= 4 is 23.4 Å². The molecule has 0 saturated heterocycles. The van der Waals surface area contributed by atoms with E-state index in [1.165, 1.54) is 5.56 Å². The molecule has 0 aliphatic rings. The van der Waals surface area contributed by atoms with E-state index in [-0.39, 0.29) is 6.61 Å². The van der Waals surface area contributed by atoms with Crippen molar-refractivity contribution in [2.24, 2.45) is 0 Å². The van der Waals surface area contributed by atoms with E-state index in [1.807, 2.05) is 36.4 Å². The van der Waals surface area contributed by atoms with Crippen LogP contribution in [-0.2, 0) is 12.4 Å². The van der Waals surface area contributed by atoms with Crippen LogP contribution in [0.3, 0.4) is 0 Å². The molecule has 0 amide bonds. The van der Waals surface area contributed by atoms with Gasteiger partial charge in [-0.25, -0.2) is 0 Å². The predicted octanol–water partition coefficient (Wildman–Crippen LogP) is 4.12. The molecule has 1 nitrogen and oxygen atoms in total. The number of hydrogen-bond donors (Lipinski definition) is 1. The molecule has 17 heavy (non-hydrogen) atoms. The van der Waals surface area contributed by atoms with Crippen LogP contribution in [0, 0.1) is 0 Å². The van der Waals surface area contributed by atoms with Crippen molar-refractivity contribution < 1.29 is 5.11 Å². The molecule has 3 heteroatoms. The van der Waals surface area contributed by atoms with Crippen LogP contribution in [0.5, 0.6) is 0 Å². The summed E-state index contributed by atoms with van der Waals surface area (Å²) in [6.45, 7) is 0.0255. The van der Waals surface area contributed by atoms with Gasteiger partial charge in [-0.2, -0.15) is 0 Å². The Balaban J connectivity index is 2.14. The van der Waals surface area contributed by atoms with Crippen molar-refractivity contribution in [3.63, 3.8) is 0 Å². The van der Waals surface area contributed by atoms with E-state index in [9.17, 15) is 5.11 Å². The van der Waals surface area contributed by atoms with Crippen LogP contribution in [0.2, 0.25) is 5.02 Å². The molecule has 1 N–H and O–H groups in total. The van der Waals surface area contributed by atoms with Crippen LogP contribution < -0.4 is 0 Å². The monoisotopic (exact) mass is 264 g/mol. The third kappa shape index (κ3) is 3.25. The number of benzene rings is 2. The zero-order valence-corrected chi connectivity index (χ0v) is 10.8. The van der Waals surface area contributed by atoms with E-state index in [0.29, 0.717) is 5.02 Å². The van der Waals surface area contributed by atoms with E-state index in [1.54, 1.807) is 11.8 Å². The molecule has 2 aromatic carbocycles. The van der Waals surface area contributed by atoms with Crippen molar-refractivity contribution in [2.45, 2.75) is 17.3 Å². The van der Waals surface area contributed by atoms with E-state index in [0.717, 1.165) is 16.2 Å². The van der Waals surface area contributed by atoms with Crippen molar-refractivity contribution in [2.75, 3.05) is 0 Å². The molecule has 0 spiro atoms. The molecule has 0 fully saturated rings. The summed E-state index contributed by atoms with van der Waals surface area (Å²) in [6.07, 6.45) is 0. The number of aliphatic hydroxyl groups excluding tert-OH is 1. The second kappa shape index (κ2) is 6.10. The van der Waals surface area contributed by atoms with Gasteiger partial charge in [0, 0.05) is 10.6 Å². The SMILES string of the molecule is OCc1cccc(Cl)c1SCc1ccccc1. The molecule has 88 valence electrons. The van der Waals surface area contributed by atoms with E-state index in [2.05, 4.69) is 12.1 Å². The third-order valence-electron chi connectivity index (χ3n) is 2.44. The summed E-state index contributed by atoms with van der Waals surface area (Å²) in [5.74, 6) is 0.859. The lowest BCUT2D eigenvalue weighted by Crippen LogP contribution is -1.89. The van der Waals surface area contributed by atoms with Crippen molar-refractivity contribution in [1.29, 1.82) is 0 Å². The van der Waals surface area contributed by atoms with Crippen LogP contribution in [0.1, 0.15) is 11.1 Å². The highest BCUT2D eigenvalue weighted by Crippen LogP contribution is 2.32. The highest BCUT2D eigenvalue weighted by atomic mass is 35.5. The first kappa shape index (κ1) is 12.5. The molecule has 0 aliphatic heterocycles. The fourth-order valence-electron chi connectivity index (χ4n) is 1.57. The lowest BCUT2D eigenvalue weighted by molar-refractivity contribution is 0.279. The smallest absolute Gasteiger partial charge is 0.0693 e. The standard InChI is InChI=1S/C14H13ClOS/c15-13-8-4-7-12(9-16)14(13)17-10-11-5-2-1-3-6-11/h1-8,16H,9-10H2. The summed E-state index contributed by atoms with van der Waals surface area (Å²) < 4.78 is 0. The van der Waals surface area contributed by atoms with Crippen LogP contribution in [0.15, 0.2) is 53.4 Å². The minimum Gasteiger partial charge on any atom is -0.392 e. The van der Waals surface area contributed by atoms with Gasteiger partial charge in [-0.05, 0) is 17.2 Å². The van der Waals surface area contributed by atoms with Crippen molar-refractivity contribution in [3.8, 4) is 0 Å². The van der Waals surface area contributed by atoms with Gasteiger partial charge < -0.3 is 5.11 Å². The van der Waals surface area contributed by atoms with Crippen LogP contribution in [0.4, 0.5) is 0 Å². The normalized spacial score (nSPS) is 10.5. The maximum absolute atomic E-state index is 9.27. The summed E-state index contributed by atoms with van der Waals surface area (Å²) in [7, 11) is 0. The largest absolute Gasteiger partial charge is 0.392 e. The molecule has 0 aliphatic carbocycles. The summed E-state index contributed by atoms with van der Waals surface area (Å²) in [4.78, 5) is 0.973.